The minimum absolute atomic E-state index is 0.00131. The molecule has 27 heavy (non-hydrogen) atoms. The molecule has 1 saturated heterocycles. The van der Waals surface area contributed by atoms with Crippen LogP contribution in [-0.2, 0) is 11.2 Å². The predicted octanol–water partition coefficient (Wildman–Crippen LogP) is 3.66. The fourth-order valence-electron chi connectivity index (χ4n) is 2.98. The Morgan fingerprint density at radius 3 is 2.78 bits per heavy atom. The number of carboxylic acids is 1. The molecule has 1 fully saturated rings. The van der Waals surface area contributed by atoms with Gasteiger partial charge in [-0.2, -0.15) is 0 Å². The van der Waals surface area contributed by atoms with Crippen LogP contribution >= 0.6 is 0 Å². The molecule has 0 radical (unpaired) electrons. The summed E-state index contributed by atoms with van der Waals surface area (Å²) in [6.07, 6.45) is 2.42. The van der Waals surface area contributed by atoms with Gasteiger partial charge in [0.15, 0.2) is 5.76 Å². The van der Waals surface area contributed by atoms with Crippen LogP contribution in [0.4, 0.5) is 5.69 Å². The summed E-state index contributed by atoms with van der Waals surface area (Å²) in [6, 6.07) is 6.70. The van der Waals surface area contributed by atoms with Gasteiger partial charge in [0.2, 0.25) is 0 Å². The van der Waals surface area contributed by atoms with Gasteiger partial charge in [0, 0.05) is 19.1 Å². The zero-order valence-corrected chi connectivity index (χ0v) is 15.4. The maximum atomic E-state index is 12.5. The van der Waals surface area contributed by atoms with E-state index in [0.717, 1.165) is 25.0 Å². The number of amides is 1. The van der Waals surface area contributed by atoms with Gasteiger partial charge < -0.3 is 24.3 Å². The van der Waals surface area contributed by atoms with E-state index in [0.29, 0.717) is 24.5 Å². The van der Waals surface area contributed by atoms with E-state index in [-0.39, 0.29) is 23.2 Å². The quantitative estimate of drug-likeness (QED) is 0.769. The lowest BCUT2D eigenvalue weighted by atomic mass is 10.2. The summed E-state index contributed by atoms with van der Waals surface area (Å²) in [4.78, 5) is 23.8. The molecule has 0 aliphatic carbocycles. The molecule has 1 aromatic carbocycles. The maximum Gasteiger partial charge on any atom is 0.339 e. The van der Waals surface area contributed by atoms with Crippen LogP contribution in [0.3, 0.4) is 0 Å². The van der Waals surface area contributed by atoms with Crippen molar-refractivity contribution in [1.82, 2.24) is 0 Å². The van der Waals surface area contributed by atoms with E-state index < -0.39 is 11.9 Å². The van der Waals surface area contributed by atoms with Crippen molar-refractivity contribution < 1.29 is 28.6 Å². The van der Waals surface area contributed by atoms with E-state index in [4.69, 9.17) is 13.9 Å². The van der Waals surface area contributed by atoms with Crippen LogP contribution in [0, 0.1) is 6.92 Å². The van der Waals surface area contributed by atoms with Crippen molar-refractivity contribution in [1.29, 1.82) is 0 Å². The molecule has 1 aromatic heterocycles. The average Bonchev–Trinajstić information content (AvgIpc) is 3.31. The highest BCUT2D eigenvalue weighted by Crippen LogP contribution is 2.28. The Morgan fingerprint density at radius 2 is 2.15 bits per heavy atom. The van der Waals surface area contributed by atoms with Gasteiger partial charge in [0.05, 0.1) is 11.8 Å². The lowest BCUT2D eigenvalue weighted by Crippen LogP contribution is -2.18. The number of rotatable bonds is 7. The first-order chi connectivity index (χ1) is 13.0. The summed E-state index contributed by atoms with van der Waals surface area (Å²) in [5, 5.41) is 11.9. The van der Waals surface area contributed by atoms with Crippen molar-refractivity contribution in [2.24, 2.45) is 0 Å². The number of carbonyl (C=O) groups is 2. The van der Waals surface area contributed by atoms with Crippen molar-refractivity contribution in [3.05, 3.63) is 46.9 Å². The van der Waals surface area contributed by atoms with E-state index in [1.807, 2.05) is 19.1 Å². The van der Waals surface area contributed by atoms with Crippen LogP contribution in [0.1, 0.15) is 52.0 Å². The van der Waals surface area contributed by atoms with Crippen molar-refractivity contribution in [2.75, 3.05) is 18.5 Å². The highest BCUT2D eigenvalue weighted by atomic mass is 16.5. The molecule has 3 rings (SSSR count). The third kappa shape index (κ3) is 4.49. The lowest BCUT2D eigenvalue weighted by molar-refractivity contribution is 0.0681. The average molecular weight is 373 g/mol. The minimum atomic E-state index is -1.12. The number of carboxylic acid groups (broad SMARTS) is 1. The summed E-state index contributed by atoms with van der Waals surface area (Å²) in [7, 11) is 0. The largest absolute Gasteiger partial charge is 0.489 e. The number of furan rings is 1. The van der Waals surface area contributed by atoms with Gasteiger partial charge in [-0.25, -0.2) is 4.79 Å². The van der Waals surface area contributed by atoms with Crippen molar-refractivity contribution in [2.45, 2.75) is 39.2 Å². The first-order valence-electron chi connectivity index (χ1n) is 9.00. The van der Waals surface area contributed by atoms with Crippen molar-refractivity contribution >= 4 is 17.6 Å². The number of nitrogens with one attached hydrogen (secondary N) is 1. The van der Waals surface area contributed by atoms with Crippen molar-refractivity contribution in [3.63, 3.8) is 0 Å². The van der Waals surface area contributed by atoms with Gasteiger partial charge in [0.25, 0.3) is 5.91 Å². The van der Waals surface area contributed by atoms with E-state index >= 15 is 0 Å². The summed E-state index contributed by atoms with van der Waals surface area (Å²) in [6.45, 7) is 4.86. The number of carbonyl (C=O) groups excluding carboxylic acids is 1. The third-order valence-corrected chi connectivity index (χ3v) is 4.42. The van der Waals surface area contributed by atoms with E-state index in [1.165, 1.54) is 6.07 Å². The number of anilines is 1. The summed E-state index contributed by atoms with van der Waals surface area (Å²) in [5.41, 5.74) is 1.49. The van der Waals surface area contributed by atoms with Crippen LogP contribution in [-0.4, -0.2) is 36.3 Å². The summed E-state index contributed by atoms with van der Waals surface area (Å²) < 4.78 is 16.8. The molecule has 1 atom stereocenters. The summed E-state index contributed by atoms with van der Waals surface area (Å²) >= 11 is 0. The monoisotopic (exact) mass is 373 g/mol. The smallest absolute Gasteiger partial charge is 0.339 e. The highest BCUT2D eigenvalue weighted by Gasteiger charge is 2.22. The number of aryl methyl sites for hydroxylation is 2. The molecule has 7 heteroatoms. The fraction of sp³-hybridized carbons (Fsp3) is 0.400. The molecular formula is C20H23NO6. The molecule has 2 N–H and O–H groups in total. The highest BCUT2D eigenvalue weighted by molar-refractivity contribution is 6.04. The standard InChI is InChI=1S/C20H23NO6/c1-3-16-14(20(23)24)10-18(27-16)19(22)21-15-7-6-12(2)9-17(15)26-11-13-5-4-8-25-13/h6-7,9-10,13H,3-5,8,11H2,1-2H3,(H,21,22)(H,23,24). The first kappa shape index (κ1) is 19.0. The number of benzene rings is 1. The molecule has 144 valence electrons. The van der Waals surface area contributed by atoms with Crippen LogP contribution in [0.2, 0.25) is 0 Å². The minimum Gasteiger partial charge on any atom is -0.489 e. The molecule has 0 bridgehead atoms. The van der Waals surface area contributed by atoms with Crippen LogP contribution in [0.15, 0.2) is 28.7 Å². The van der Waals surface area contributed by atoms with Crippen molar-refractivity contribution in [3.8, 4) is 5.75 Å². The Kier molecular flexibility index (Phi) is 5.81. The topological polar surface area (TPSA) is 98.0 Å². The normalized spacial score (nSPS) is 16.3. The molecule has 0 saturated carbocycles. The Bertz CT molecular complexity index is 835. The molecule has 2 heterocycles. The number of ether oxygens (including phenoxy) is 2. The number of hydrogen-bond acceptors (Lipinski definition) is 5. The van der Waals surface area contributed by atoms with Gasteiger partial charge in [0.1, 0.15) is 23.7 Å². The molecule has 7 nitrogen and oxygen atoms in total. The Labute approximate surface area is 157 Å². The Balaban J connectivity index is 1.76. The van der Waals surface area contributed by atoms with Gasteiger partial charge >= 0.3 is 5.97 Å². The summed E-state index contributed by atoms with van der Waals surface area (Å²) in [5.74, 6) is -0.880. The second-order valence-electron chi connectivity index (χ2n) is 6.51. The van der Waals surface area contributed by atoms with Crippen LogP contribution < -0.4 is 10.1 Å². The Hall–Kier alpha value is -2.80. The molecule has 1 amide bonds. The molecular weight excluding hydrogens is 350 g/mol. The van der Waals surface area contributed by atoms with E-state index in [2.05, 4.69) is 5.32 Å². The lowest BCUT2D eigenvalue weighted by Gasteiger charge is -2.15. The first-order valence-corrected chi connectivity index (χ1v) is 9.00. The van der Waals surface area contributed by atoms with Gasteiger partial charge in [-0.3, -0.25) is 4.79 Å². The molecule has 1 unspecified atom stereocenters. The van der Waals surface area contributed by atoms with Gasteiger partial charge in [-0.15, -0.1) is 0 Å². The maximum absolute atomic E-state index is 12.5. The van der Waals surface area contributed by atoms with E-state index in [1.54, 1.807) is 13.0 Å². The number of aromatic carboxylic acids is 1. The second kappa shape index (κ2) is 8.26. The SMILES string of the molecule is CCc1oc(C(=O)Nc2ccc(C)cc2OCC2CCCO2)cc1C(=O)O. The zero-order valence-electron chi connectivity index (χ0n) is 15.4. The Morgan fingerprint density at radius 1 is 1.33 bits per heavy atom. The fourth-order valence-corrected chi connectivity index (χ4v) is 2.98. The van der Waals surface area contributed by atoms with E-state index in [9.17, 15) is 14.7 Å². The van der Waals surface area contributed by atoms with Gasteiger partial charge in [-0.05, 0) is 37.5 Å². The third-order valence-electron chi connectivity index (χ3n) is 4.42. The zero-order chi connectivity index (χ0) is 19.4. The number of hydrogen-bond donors (Lipinski definition) is 2. The molecule has 0 spiro atoms. The predicted molar refractivity (Wildman–Crippen MR) is 98.6 cm³/mol. The van der Waals surface area contributed by atoms with Crippen LogP contribution in [0.25, 0.3) is 0 Å². The van der Waals surface area contributed by atoms with Gasteiger partial charge in [-0.1, -0.05) is 13.0 Å². The molecule has 1 aliphatic rings. The molecule has 2 aromatic rings. The second-order valence-corrected chi connectivity index (χ2v) is 6.51. The molecule has 1 aliphatic heterocycles. The van der Waals surface area contributed by atoms with Crippen LogP contribution in [0.5, 0.6) is 5.75 Å².